The van der Waals surface area contributed by atoms with E-state index in [0.29, 0.717) is 16.6 Å². The standard InChI is InChI=1S/C9H16N4OS/c1-12-4-2-3-7(12)5-13-8(6-14)10-11-9(13)15/h7,14H,2-6H2,1H3,(H,11,15). The van der Waals surface area contributed by atoms with Gasteiger partial charge in [0.15, 0.2) is 10.6 Å². The molecule has 6 heteroatoms. The van der Waals surface area contributed by atoms with Crippen molar-refractivity contribution in [1.29, 1.82) is 0 Å². The third-order valence-corrected chi connectivity index (χ3v) is 3.36. The van der Waals surface area contributed by atoms with E-state index in [1.54, 1.807) is 0 Å². The Hall–Kier alpha value is -0.720. The predicted octanol–water partition coefficient (Wildman–Crippen LogP) is 0.527. The van der Waals surface area contributed by atoms with Crippen LogP contribution in [0.2, 0.25) is 0 Å². The minimum atomic E-state index is -0.0659. The molecular formula is C9H16N4OS. The predicted molar refractivity (Wildman–Crippen MR) is 59.0 cm³/mol. The van der Waals surface area contributed by atoms with Gasteiger partial charge in [0.2, 0.25) is 0 Å². The van der Waals surface area contributed by atoms with Crippen molar-refractivity contribution in [3.05, 3.63) is 10.6 Å². The molecule has 0 saturated carbocycles. The zero-order valence-electron chi connectivity index (χ0n) is 8.81. The van der Waals surface area contributed by atoms with E-state index in [2.05, 4.69) is 22.1 Å². The Balaban J connectivity index is 2.15. The smallest absolute Gasteiger partial charge is 0.195 e. The van der Waals surface area contributed by atoms with Gasteiger partial charge in [0.1, 0.15) is 6.61 Å². The molecular weight excluding hydrogens is 212 g/mol. The lowest BCUT2D eigenvalue weighted by Gasteiger charge is -2.20. The number of nitrogens with one attached hydrogen (secondary N) is 1. The first-order chi connectivity index (χ1) is 7.22. The minimum absolute atomic E-state index is 0.0659. The molecule has 1 saturated heterocycles. The molecule has 2 heterocycles. The first-order valence-electron chi connectivity index (χ1n) is 5.17. The van der Waals surface area contributed by atoms with Gasteiger partial charge in [-0.3, -0.25) is 5.10 Å². The van der Waals surface area contributed by atoms with Crippen LogP contribution in [0.15, 0.2) is 0 Å². The maximum absolute atomic E-state index is 9.11. The van der Waals surface area contributed by atoms with Crippen LogP contribution < -0.4 is 0 Å². The molecule has 0 spiro atoms. The van der Waals surface area contributed by atoms with Crippen molar-refractivity contribution in [2.24, 2.45) is 0 Å². The highest BCUT2D eigenvalue weighted by Gasteiger charge is 2.22. The molecule has 15 heavy (non-hydrogen) atoms. The molecule has 1 atom stereocenters. The minimum Gasteiger partial charge on any atom is -0.388 e. The van der Waals surface area contributed by atoms with Gasteiger partial charge in [-0.25, -0.2) is 0 Å². The van der Waals surface area contributed by atoms with E-state index in [1.807, 2.05) is 4.57 Å². The van der Waals surface area contributed by atoms with Gasteiger partial charge in [-0.1, -0.05) is 0 Å². The fourth-order valence-corrected chi connectivity index (χ4v) is 2.31. The highest BCUT2D eigenvalue weighted by Crippen LogP contribution is 2.17. The number of likely N-dealkylation sites (tertiary alicyclic amines) is 1. The molecule has 1 aliphatic rings. The van der Waals surface area contributed by atoms with E-state index in [4.69, 9.17) is 17.3 Å². The molecule has 1 aliphatic heterocycles. The van der Waals surface area contributed by atoms with E-state index in [9.17, 15) is 0 Å². The molecule has 0 amide bonds. The second-order valence-corrected chi connectivity index (χ2v) is 4.38. The van der Waals surface area contributed by atoms with E-state index in [1.165, 1.54) is 12.8 Å². The molecule has 1 aromatic rings. The number of aliphatic hydroxyl groups excluding tert-OH is 1. The summed E-state index contributed by atoms with van der Waals surface area (Å²) in [5.41, 5.74) is 0. The van der Waals surface area contributed by atoms with Gasteiger partial charge in [-0.15, -0.1) is 0 Å². The number of hydrogen-bond donors (Lipinski definition) is 2. The van der Waals surface area contributed by atoms with Crippen LogP contribution in [0, 0.1) is 4.77 Å². The quantitative estimate of drug-likeness (QED) is 0.741. The molecule has 2 rings (SSSR count). The van der Waals surface area contributed by atoms with Crippen LogP contribution in [0.5, 0.6) is 0 Å². The van der Waals surface area contributed by atoms with Crippen molar-refractivity contribution in [3.63, 3.8) is 0 Å². The summed E-state index contributed by atoms with van der Waals surface area (Å²) >= 11 is 5.13. The third kappa shape index (κ3) is 2.11. The maximum atomic E-state index is 9.11. The summed E-state index contributed by atoms with van der Waals surface area (Å²) < 4.78 is 2.49. The average molecular weight is 228 g/mol. The largest absolute Gasteiger partial charge is 0.388 e. The summed E-state index contributed by atoms with van der Waals surface area (Å²) in [7, 11) is 2.12. The summed E-state index contributed by atoms with van der Waals surface area (Å²) in [6.07, 6.45) is 2.43. The molecule has 84 valence electrons. The van der Waals surface area contributed by atoms with Crippen LogP contribution in [0.3, 0.4) is 0 Å². The molecule has 0 aliphatic carbocycles. The highest BCUT2D eigenvalue weighted by atomic mass is 32.1. The molecule has 0 aromatic carbocycles. The molecule has 1 fully saturated rings. The Labute approximate surface area is 93.7 Å². The van der Waals surface area contributed by atoms with Crippen LogP contribution in [0.25, 0.3) is 0 Å². The van der Waals surface area contributed by atoms with Crippen molar-refractivity contribution in [2.75, 3.05) is 13.6 Å². The monoisotopic (exact) mass is 228 g/mol. The van der Waals surface area contributed by atoms with E-state index < -0.39 is 0 Å². The first kappa shape index (κ1) is 10.8. The third-order valence-electron chi connectivity index (χ3n) is 3.04. The maximum Gasteiger partial charge on any atom is 0.195 e. The Morgan fingerprint density at radius 1 is 1.67 bits per heavy atom. The molecule has 0 bridgehead atoms. The number of likely N-dealkylation sites (N-methyl/N-ethyl adjacent to an activating group) is 1. The Kier molecular flexibility index (Phi) is 3.18. The van der Waals surface area contributed by atoms with Crippen LogP contribution in [0.1, 0.15) is 18.7 Å². The summed E-state index contributed by atoms with van der Waals surface area (Å²) in [5.74, 6) is 0.625. The molecule has 5 nitrogen and oxygen atoms in total. The SMILES string of the molecule is CN1CCCC1Cn1c(CO)n[nH]c1=S. The second-order valence-electron chi connectivity index (χ2n) is 3.99. The fraction of sp³-hybridized carbons (Fsp3) is 0.778. The lowest BCUT2D eigenvalue weighted by Crippen LogP contribution is -2.30. The van der Waals surface area contributed by atoms with Gasteiger partial charge >= 0.3 is 0 Å². The number of H-pyrrole nitrogens is 1. The number of aliphatic hydroxyl groups is 1. The van der Waals surface area contributed by atoms with Gasteiger partial charge in [0.25, 0.3) is 0 Å². The van der Waals surface area contributed by atoms with Crippen molar-refractivity contribution < 1.29 is 5.11 Å². The summed E-state index contributed by atoms with van der Waals surface area (Å²) in [5, 5.41) is 15.8. The number of aromatic nitrogens is 3. The summed E-state index contributed by atoms with van der Waals surface area (Å²) in [4.78, 5) is 2.33. The Morgan fingerprint density at radius 3 is 3.07 bits per heavy atom. The van der Waals surface area contributed by atoms with E-state index in [-0.39, 0.29) is 6.61 Å². The van der Waals surface area contributed by atoms with Crippen molar-refractivity contribution in [2.45, 2.75) is 32.0 Å². The Bertz CT molecular complexity index is 386. The molecule has 1 aromatic heterocycles. The van der Waals surface area contributed by atoms with Crippen molar-refractivity contribution >= 4 is 12.2 Å². The van der Waals surface area contributed by atoms with E-state index in [0.717, 1.165) is 13.1 Å². The van der Waals surface area contributed by atoms with Crippen molar-refractivity contribution in [1.82, 2.24) is 19.7 Å². The highest BCUT2D eigenvalue weighted by molar-refractivity contribution is 7.71. The zero-order chi connectivity index (χ0) is 10.8. The normalized spacial score (nSPS) is 22.4. The zero-order valence-corrected chi connectivity index (χ0v) is 9.63. The van der Waals surface area contributed by atoms with Crippen molar-refractivity contribution in [3.8, 4) is 0 Å². The lowest BCUT2D eigenvalue weighted by atomic mass is 10.2. The van der Waals surface area contributed by atoms with E-state index >= 15 is 0 Å². The number of rotatable bonds is 3. The Morgan fingerprint density at radius 2 is 2.47 bits per heavy atom. The lowest BCUT2D eigenvalue weighted by molar-refractivity contribution is 0.247. The van der Waals surface area contributed by atoms with Crippen LogP contribution >= 0.6 is 12.2 Å². The average Bonchev–Trinajstić information content (AvgIpc) is 2.77. The van der Waals surface area contributed by atoms with Gasteiger partial charge in [0, 0.05) is 12.6 Å². The number of hydrogen-bond acceptors (Lipinski definition) is 4. The molecule has 1 unspecified atom stereocenters. The number of aromatic amines is 1. The summed E-state index contributed by atoms with van der Waals surface area (Å²) in [6.45, 7) is 1.90. The van der Waals surface area contributed by atoms with Crippen LogP contribution in [-0.2, 0) is 13.2 Å². The van der Waals surface area contributed by atoms with Gasteiger partial charge < -0.3 is 14.6 Å². The topological polar surface area (TPSA) is 57.1 Å². The molecule has 0 radical (unpaired) electrons. The van der Waals surface area contributed by atoms with Gasteiger partial charge in [-0.05, 0) is 38.7 Å². The van der Waals surface area contributed by atoms with Crippen LogP contribution in [-0.4, -0.2) is 44.4 Å². The summed E-state index contributed by atoms with van der Waals surface area (Å²) in [6, 6.07) is 0.514. The molecule has 2 N–H and O–H groups in total. The first-order valence-corrected chi connectivity index (χ1v) is 5.58. The number of nitrogens with zero attached hydrogens (tertiary/aromatic N) is 3. The van der Waals surface area contributed by atoms with Gasteiger partial charge in [0.05, 0.1) is 0 Å². The van der Waals surface area contributed by atoms with Gasteiger partial charge in [-0.2, -0.15) is 5.10 Å². The second kappa shape index (κ2) is 4.42. The fourth-order valence-electron chi connectivity index (χ4n) is 2.08. The van der Waals surface area contributed by atoms with Crippen LogP contribution in [0.4, 0.5) is 0 Å².